The Kier molecular flexibility index (Phi) is 6.15. The van der Waals surface area contributed by atoms with Gasteiger partial charge in [0.15, 0.2) is 0 Å². The SMILES string of the molecule is OCC[C@H]1CN(c2ncccn2)CCN1CCCc1ccccc1. The van der Waals surface area contributed by atoms with Gasteiger partial charge in [0.05, 0.1) is 0 Å². The molecule has 128 valence electrons. The van der Waals surface area contributed by atoms with Crippen LogP contribution in [0.5, 0.6) is 0 Å². The number of hydrogen-bond donors (Lipinski definition) is 1. The lowest BCUT2D eigenvalue weighted by atomic mass is 10.1. The van der Waals surface area contributed by atoms with Crippen molar-refractivity contribution in [3.8, 4) is 0 Å². The Labute approximate surface area is 144 Å². The predicted molar refractivity (Wildman–Crippen MR) is 96.1 cm³/mol. The Morgan fingerprint density at radius 1 is 1.04 bits per heavy atom. The van der Waals surface area contributed by atoms with Crippen LogP contribution in [-0.4, -0.2) is 58.8 Å². The number of aliphatic hydroxyl groups is 1. The molecule has 1 saturated heterocycles. The number of rotatable bonds is 7. The van der Waals surface area contributed by atoms with Crippen LogP contribution in [0, 0.1) is 0 Å². The first-order valence-electron chi connectivity index (χ1n) is 8.77. The lowest BCUT2D eigenvalue weighted by Crippen LogP contribution is -2.54. The zero-order valence-corrected chi connectivity index (χ0v) is 14.1. The molecular formula is C19H26N4O. The first-order chi connectivity index (χ1) is 11.9. The normalized spacial score (nSPS) is 18.7. The number of piperazine rings is 1. The molecule has 24 heavy (non-hydrogen) atoms. The van der Waals surface area contributed by atoms with E-state index < -0.39 is 0 Å². The van der Waals surface area contributed by atoms with Crippen molar-refractivity contribution >= 4 is 5.95 Å². The summed E-state index contributed by atoms with van der Waals surface area (Å²) in [5.41, 5.74) is 1.40. The zero-order chi connectivity index (χ0) is 16.6. The third-order valence-electron chi connectivity index (χ3n) is 4.66. The van der Waals surface area contributed by atoms with E-state index in [0.29, 0.717) is 6.04 Å². The first-order valence-corrected chi connectivity index (χ1v) is 8.77. The average molecular weight is 326 g/mol. The molecule has 2 aromatic rings. The van der Waals surface area contributed by atoms with Crippen LogP contribution < -0.4 is 4.90 Å². The van der Waals surface area contributed by atoms with Crippen molar-refractivity contribution in [2.24, 2.45) is 0 Å². The standard InChI is InChI=1S/C19H26N4O/c24-15-9-18-16-23(19-20-10-5-11-21-19)14-13-22(18)12-4-8-17-6-2-1-3-7-17/h1-3,5-7,10-11,18,24H,4,8-9,12-16H2/t18-/m0/s1. The fourth-order valence-corrected chi connectivity index (χ4v) is 3.38. The van der Waals surface area contributed by atoms with Gasteiger partial charge in [-0.1, -0.05) is 30.3 Å². The minimum atomic E-state index is 0.226. The van der Waals surface area contributed by atoms with Gasteiger partial charge in [0.25, 0.3) is 0 Å². The van der Waals surface area contributed by atoms with E-state index >= 15 is 0 Å². The van der Waals surface area contributed by atoms with Gasteiger partial charge < -0.3 is 10.0 Å². The van der Waals surface area contributed by atoms with Crippen molar-refractivity contribution in [1.82, 2.24) is 14.9 Å². The van der Waals surface area contributed by atoms with E-state index in [1.54, 1.807) is 12.4 Å². The summed E-state index contributed by atoms with van der Waals surface area (Å²) < 4.78 is 0. The number of nitrogens with zero attached hydrogens (tertiary/aromatic N) is 4. The summed E-state index contributed by atoms with van der Waals surface area (Å²) in [6, 6.07) is 12.8. The van der Waals surface area contributed by atoms with Crippen LogP contribution >= 0.6 is 0 Å². The largest absolute Gasteiger partial charge is 0.396 e. The van der Waals surface area contributed by atoms with Gasteiger partial charge in [-0.2, -0.15) is 0 Å². The lowest BCUT2D eigenvalue weighted by Gasteiger charge is -2.41. The van der Waals surface area contributed by atoms with Gasteiger partial charge in [-0.15, -0.1) is 0 Å². The van der Waals surface area contributed by atoms with Gasteiger partial charge in [0.1, 0.15) is 0 Å². The molecule has 0 saturated carbocycles. The minimum absolute atomic E-state index is 0.226. The summed E-state index contributed by atoms with van der Waals surface area (Å²) in [6.07, 6.45) is 6.63. The molecule has 0 unspecified atom stereocenters. The van der Waals surface area contributed by atoms with E-state index in [1.807, 2.05) is 6.07 Å². The van der Waals surface area contributed by atoms with Gasteiger partial charge in [0.2, 0.25) is 5.95 Å². The first kappa shape index (κ1) is 16.9. The van der Waals surface area contributed by atoms with E-state index in [0.717, 1.165) is 51.4 Å². The number of hydrogen-bond acceptors (Lipinski definition) is 5. The lowest BCUT2D eigenvalue weighted by molar-refractivity contribution is 0.140. The molecule has 1 N–H and O–H groups in total. The summed E-state index contributed by atoms with van der Waals surface area (Å²) in [6.45, 7) is 4.12. The fraction of sp³-hybridized carbons (Fsp3) is 0.474. The second-order valence-corrected chi connectivity index (χ2v) is 6.29. The van der Waals surface area contributed by atoms with Gasteiger partial charge >= 0.3 is 0 Å². The molecule has 5 heteroatoms. The number of aromatic nitrogens is 2. The highest BCUT2D eigenvalue weighted by molar-refractivity contribution is 5.30. The molecule has 0 aliphatic carbocycles. The van der Waals surface area contributed by atoms with Crippen LogP contribution in [0.2, 0.25) is 0 Å². The molecule has 1 aromatic carbocycles. The van der Waals surface area contributed by atoms with Crippen molar-refractivity contribution in [1.29, 1.82) is 0 Å². The van der Waals surface area contributed by atoms with Gasteiger partial charge in [0, 0.05) is 44.7 Å². The maximum absolute atomic E-state index is 9.42. The maximum atomic E-state index is 9.42. The molecule has 3 rings (SSSR count). The van der Waals surface area contributed by atoms with E-state index in [2.05, 4.69) is 50.1 Å². The van der Waals surface area contributed by atoms with Crippen molar-refractivity contribution < 1.29 is 5.11 Å². The summed E-state index contributed by atoms with van der Waals surface area (Å²) >= 11 is 0. The molecular weight excluding hydrogens is 300 g/mol. The highest BCUT2D eigenvalue weighted by atomic mass is 16.3. The Morgan fingerprint density at radius 2 is 1.83 bits per heavy atom. The van der Waals surface area contributed by atoms with Crippen LogP contribution in [0.15, 0.2) is 48.8 Å². The Hall–Kier alpha value is -1.98. The smallest absolute Gasteiger partial charge is 0.225 e. The summed E-state index contributed by atoms with van der Waals surface area (Å²) in [5, 5.41) is 9.42. The van der Waals surface area contributed by atoms with Crippen molar-refractivity contribution in [2.45, 2.75) is 25.3 Å². The maximum Gasteiger partial charge on any atom is 0.225 e. The van der Waals surface area contributed by atoms with Gasteiger partial charge in [-0.3, -0.25) is 4.90 Å². The van der Waals surface area contributed by atoms with Crippen molar-refractivity contribution in [2.75, 3.05) is 37.7 Å². The molecule has 1 aliphatic rings. The predicted octanol–water partition coefficient (Wildman–Crippen LogP) is 1.98. The second-order valence-electron chi connectivity index (χ2n) is 6.29. The Morgan fingerprint density at radius 3 is 2.58 bits per heavy atom. The third-order valence-corrected chi connectivity index (χ3v) is 4.66. The molecule has 2 heterocycles. The van der Waals surface area contributed by atoms with E-state index in [4.69, 9.17) is 0 Å². The van der Waals surface area contributed by atoms with Crippen LogP contribution in [0.3, 0.4) is 0 Å². The molecule has 5 nitrogen and oxygen atoms in total. The quantitative estimate of drug-likeness (QED) is 0.843. The summed E-state index contributed by atoms with van der Waals surface area (Å²) in [7, 11) is 0. The van der Waals surface area contributed by atoms with Crippen LogP contribution in [0.4, 0.5) is 5.95 Å². The topological polar surface area (TPSA) is 52.5 Å². The van der Waals surface area contributed by atoms with Crippen molar-refractivity contribution in [3.63, 3.8) is 0 Å². The van der Waals surface area contributed by atoms with Gasteiger partial charge in [-0.25, -0.2) is 9.97 Å². The third kappa shape index (κ3) is 4.52. The van der Waals surface area contributed by atoms with Crippen molar-refractivity contribution in [3.05, 3.63) is 54.4 Å². The number of anilines is 1. The molecule has 1 aliphatic heterocycles. The molecule has 0 bridgehead atoms. The monoisotopic (exact) mass is 326 g/mol. The highest BCUT2D eigenvalue weighted by Crippen LogP contribution is 2.17. The zero-order valence-electron chi connectivity index (χ0n) is 14.1. The minimum Gasteiger partial charge on any atom is -0.396 e. The van der Waals surface area contributed by atoms with E-state index in [1.165, 1.54) is 5.56 Å². The number of benzene rings is 1. The van der Waals surface area contributed by atoms with E-state index in [-0.39, 0.29) is 6.61 Å². The summed E-state index contributed by atoms with van der Waals surface area (Å²) in [5.74, 6) is 0.796. The number of aryl methyl sites for hydroxylation is 1. The fourth-order valence-electron chi connectivity index (χ4n) is 3.38. The molecule has 0 radical (unpaired) electrons. The molecule has 1 fully saturated rings. The van der Waals surface area contributed by atoms with E-state index in [9.17, 15) is 5.11 Å². The number of aliphatic hydroxyl groups excluding tert-OH is 1. The second kappa shape index (κ2) is 8.76. The molecule has 1 aromatic heterocycles. The van der Waals surface area contributed by atoms with Crippen LogP contribution in [0.25, 0.3) is 0 Å². The van der Waals surface area contributed by atoms with Crippen LogP contribution in [0.1, 0.15) is 18.4 Å². The average Bonchev–Trinajstić information content (AvgIpc) is 2.65. The summed E-state index contributed by atoms with van der Waals surface area (Å²) in [4.78, 5) is 13.5. The van der Waals surface area contributed by atoms with Gasteiger partial charge in [-0.05, 0) is 37.4 Å². The Bertz CT molecular complexity index is 591. The molecule has 1 atom stereocenters. The molecule has 0 spiro atoms. The molecule has 0 amide bonds. The highest BCUT2D eigenvalue weighted by Gasteiger charge is 2.27. The van der Waals surface area contributed by atoms with Crippen LogP contribution in [-0.2, 0) is 6.42 Å². The Balaban J connectivity index is 1.54.